The lowest BCUT2D eigenvalue weighted by Gasteiger charge is -2.12. The molecule has 0 fully saturated rings. The van der Waals surface area contributed by atoms with Gasteiger partial charge in [-0.25, -0.2) is 4.39 Å². The van der Waals surface area contributed by atoms with Crippen LogP contribution in [0.15, 0.2) is 30.3 Å². The highest BCUT2D eigenvalue weighted by atomic mass is 19.1. The number of methoxy groups -OCH3 is 2. The van der Waals surface area contributed by atoms with Gasteiger partial charge in [0.1, 0.15) is 22.9 Å². The molecule has 0 amide bonds. The minimum Gasteiger partial charge on any atom is -0.496 e. The van der Waals surface area contributed by atoms with Crippen molar-refractivity contribution in [3.8, 4) is 11.5 Å². The van der Waals surface area contributed by atoms with Crippen LogP contribution in [0.3, 0.4) is 0 Å². The summed E-state index contributed by atoms with van der Waals surface area (Å²) in [6, 6.07) is 7.72. The molecule has 0 aliphatic heterocycles. The lowest BCUT2D eigenvalue weighted by molar-refractivity contribution is 0.103. The van der Waals surface area contributed by atoms with Gasteiger partial charge in [-0.15, -0.1) is 0 Å². The van der Waals surface area contributed by atoms with Gasteiger partial charge in [-0.3, -0.25) is 4.79 Å². The Balaban J connectivity index is 2.56. The number of rotatable bonds is 4. The van der Waals surface area contributed by atoms with E-state index < -0.39 is 11.6 Å². The average Bonchev–Trinajstić information content (AvgIpc) is 2.45. The number of ether oxygens (including phenoxy) is 2. The first-order valence-corrected chi connectivity index (χ1v) is 6.52. The van der Waals surface area contributed by atoms with Crippen molar-refractivity contribution in [2.45, 2.75) is 13.8 Å². The van der Waals surface area contributed by atoms with Crippen LogP contribution >= 0.6 is 0 Å². The molecule has 110 valence electrons. The minimum absolute atomic E-state index is 0.0519. The molecule has 21 heavy (non-hydrogen) atoms. The van der Waals surface area contributed by atoms with E-state index in [1.54, 1.807) is 25.3 Å². The van der Waals surface area contributed by atoms with Gasteiger partial charge in [0, 0.05) is 5.56 Å². The molecule has 2 aromatic rings. The highest BCUT2D eigenvalue weighted by molar-refractivity contribution is 6.11. The van der Waals surface area contributed by atoms with Crippen LogP contribution in [0.1, 0.15) is 27.0 Å². The molecule has 0 bridgehead atoms. The standard InChI is InChI=1S/C17H17FO3/c1-10-8-12(9-11(2)17(10)21-4)16(19)15-13(18)6-5-7-14(15)20-3/h5-9H,1-4H3. The normalized spacial score (nSPS) is 10.3. The van der Waals surface area contributed by atoms with Gasteiger partial charge >= 0.3 is 0 Å². The monoisotopic (exact) mass is 288 g/mol. The molecule has 0 unspecified atom stereocenters. The maximum Gasteiger partial charge on any atom is 0.199 e. The van der Waals surface area contributed by atoms with Gasteiger partial charge < -0.3 is 9.47 Å². The summed E-state index contributed by atoms with van der Waals surface area (Å²) in [5, 5.41) is 0. The van der Waals surface area contributed by atoms with Crippen LogP contribution in [0.25, 0.3) is 0 Å². The third-order valence-corrected chi connectivity index (χ3v) is 3.35. The number of carbonyl (C=O) groups is 1. The van der Waals surface area contributed by atoms with Gasteiger partial charge in [0.2, 0.25) is 0 Å². The van der Waals surface area contributed by atoms with E-state index >= 15 is 0 Å². The van der Waals surface area contributed by atoms with Crippen molar-refractivity contribution in [1.29, 1.82) is 0 Å². The van der Waals surface area contributed by atoms with E-state index in [1.807, 2.05) is 13.8 Å². The number of carbonyl (C=O) groups excluding carboxylic acids is 1. The fourth-order valence-corrected chi connectivity index (χ4v) is 2.44. The zero-order valence-corrected chi connectivity index (χ0v) is 12.5. The van der Waals surface area contributed by atoms with Crippen molar-refractivity contribution < 1.29 is 18.7 Å². The molecule has 0 atom stereocenters. The van der Waals surface area contributed by atoms with Crippen LogP contribution in [0.4, 0.5) is 4.39 Å². The van der Waals surface area contributed by atoms with Gasteiger partial charge in [-0.2, -0.15) is 0 Å². The maximum atomic E-state index is 14.0. The summed E-state index contributed by atoms with van der Waals surface area (Å²) in [6.07, 6.45) is 0. The largest absolute Gasteiger partial charge is 0.496 e. The summed E-state index contributed by atoms with van der Waals surface area (Å²) in [6.45, 7) is 3.70. The molecule has 0 spiro atoms. The van der Waals surface area contributed by atoms with Crippen molar-refractivity contribution in [3.63, 3.8) is 0 Å². The zero-order chi connectivity index (χ0) is 15.6. The fourth-order valence-electron chi connectivity index (χ4n) is 2.44. The molecular weight excluding hydrogens is 271 g/mol. The van der Waals surface area contributed by atoms with Crippen molar-refractivity contribution in [1.82, 2.24) is 0 Å². The molecule has 0 aliphatic carbocycles. The molecular formula is C17H17FO3. The summed E-state index contributed by atoms with van der Waals surface area (Å²) in [5.74, 6) is -0.0394. The molecule has 2 aromatic carbocycles. The molecule has 3 nitrogen and oxygen atoms in total. The summed E-state index contributed by atoms with van der Waals surface area (Å²) < 4.78 is 24.4. The van der Waals surface area contributed by atoms with E-state index in [9.17, 15) is 9.18 Å². The Morgan fingerprint density at radius 1 is 1.05 bits per heavy atom. The highest BCUT2D eigenvalue weighted by Gasteiger charge is 2.20. The van der Waals surface area contributed by atoms with Crippen molar-refractivity contribution >= 4 is 5.78 Å². The van der Waals surface area contributed by atoms with E-state index in [-0.39, 0.29) is 11.3 Å². The first-order chi connectivity index (χ1) is 9.99. The van der Waals surface area contributed by atoms with Gasteiger partial charge in [0.15, 0.2) is 5.78 Å². The average molecular weight is 288 g/mol. The fraction of sp³-hybridized carbons (Fsp3) is 0.235. The second-order valence-corrected chi connectivity index (χ2v) is 4.79. The second-order valence-electron chi connectivity index (χ2n) is 4.79. The predicted octanol–water partition coefficient (Wildman–Crippen LogP) is 3.69. The Kier molecular flexibility index (Phi) is 4.26. The van der Waals surface area contributed by atoms with Crippen molar-refractivity contribution in [2.24, 2.45) is 0 Å². The van der Waals surface area contributed by atoms with Crippen LogP contribution < -0.4 is 9.47 Å². The predicted molar refractivity (Wildman–Crippen MR) is 78.9 cm³/mol. The SMILES string of the molecule is COc1cccc(F)c1C(=O)c1cc(C)c(OC)c(C)c1. The number of halogens is 1. The highest BCUT2D eigenvalue weighted by Crippen LogP contribution is 2.29. The quantitative estimate of drug-likeness (QED) is 0.805. The lowest BCUT2D eigenvalue weighted by atomic mass is 9.97. The minimum atomic E-state index is -0.592. The van der Waals surface area contributed by atoms with Crippen molar-refractivity contribution in [2.75, 3.05) is 14.2 Å². The van der Waals surface area contributed by atoms with E-state index in [0.717, 1.165) is 16.9 Å². The van der Waals surface area contributed by atoms with Gasteiger partial charge in [0.05, 0.1) is 14.2 Å². The lowest BCUT2D eigenvalue weighted by Crippen LogP contribution is -2.08. The topological polar surface area (TPSA) is 35.5 Å². The first kappa shape index (κ1) is 15.0. The smallest absolute Gasteiger partial charge is 0.199 e. The molecule has 0 radical (unpaired) electrons. The molecule has 2 rings (SSSR count). The van der Waals surface area contributed by atoms with Gasteiger partial charge in [0.25, 0.3) is 0 Å². The summed E-state index contributed by atoms with van der Waals surface area (Å²) in [5.41, 5.74) is 2.02. The molecule has 0 N–H and O–H groups in total. The van der Waals surface area contributed by atoms with Crippen LogP contribution in [-0.4, -0.2) is 20.0 Å². The Morgan fingerprint density at radius 3 is 2.19 bits per heavy atom. The summed E-state index contributed by atoms with van der Waals surface area (Å²) >= 11 is 0. The third-order valence-electron chi connectivity index (χ3n) is 3.35. The van der Waals surface area contributed by atoms with E-state index in [4.69, 9.17) is 9.47 Å². The van der Waals surface area contributed by atoms with Gasteiger partial charge in [-0.05, 0) is 49.2 Å². The Hall–Kier alpha value is -2.36. The van der Waals surface area contributed by atoms with Crippen LogP contribution in [0.2, 0.25) is 0 Å². The second kappa shape index (κ2) is 5.95. The Bertz CT molecular complexity index is 669. The van der Waals surface area contributed by atoms with Crippen LogP contribution in [0.5, 0.6) is 11.5 Å². The number of hydrogen-bond acceptors (Lipinski definition) is 3. The third kappa shape index (κ3) is 2.75. The molecule has 0 aromatic heterocycles. The number of ketones is 1. The zero-order valence-electron chi connectivity index (χ0n) is 12.5. The Morgan fingerprint density at radius 2 is 1.67 bits per heavy atom. The number of aryl methyl sites for hydroxylation is 2. The van der Waals surface area contributed by atoms with Crippen molar-refractivity contribution in [3.05, 3.63) is 58.4 Å². The molecule has 0 aliphatic rings. The number of benzene rings is 2. The van der Waals surface area contributed by atoms with E-state index in [2.05, 4.69) is 0 Å². The van der Waals surface area contributed by atoms with Crippen LogP contribution in [-0.2, 0) is 0 Å². The van der Waals surface area contributed by atoms with E-state index in [0.29, 0.717) is 5.56 Å². The molecule has 0 saturated heterocycles. The molecule has 4 heteroatoms. The number of hydrogen-bond donors (Lipinski definition) is 0. The van der Waals surface area contributed by atoms with E-state index in [1.165, 1.54) is 19.2 Å². The summed E-state index contributed by atoms with van der Waals surface area (Å²) in [4.78, 5) is 12.6. The maximum absolute atomic E-state index is 14.0. The Labute approximate surface area is 123 Å². The van der Waals surface area contributed by atoms with Gasteiger partial charge in [-0.1, -0.05) is 6.07 Å². The molecule has 0 heterocycles. The first-order valence-electron chi connectivity index (χ1n) is 6.52. The van der Waals surface area contributed by atoms with Crippen LogP contribution in [0, 0.1) is 19.7 Å². The summed E-state index contributed by atoms with van der Waals surface area (Å²) in [7, 11) is 2.99. The molecule has 0 saturated carbocycles.